The van der Waals surface area contributed by atoms with E-state index in [4.69, 9.17) is 0 Å². The van der Waals surface area contributed by atoms with Crippen molar-refractivity contribution in [2.24, 2.45) is 0 Å². The maximum absolute atomic E-state index is 12.6. The Morgan fingerprint density at radius 2 is 1.90 bits per heavy atom. The molecule has 21 heavy (non-hydrogen) atoms. The van der Waals surface area contributed by atoms with Crippen LogP contribution in [0.25, 0.3) is 0 Å². The van der Waals surface area contributed by atoms with Crippen LogP contribution in [0.4, 0.5) is 0 Å². The molecule has 1 saturated heterocycles. The minimum absolute atomic E-state index is 0.0477. The van der Waals surface area contributed by atoms with Gasteiger partial charge in [0.1, 0.15) is 0 Å². The van der Waals surface area contributed by atoms with Gasteiger partial charge < -0.3 is 9.64 Å². The maximum atomic E-state index is 12.6. The second-order valence-electron chi connectivity index (χ2n) is 5.10. The number of amides is 1. The van der Waals surface area contributed by atoms with E-state index in [0.29, 0.717) is 26.2 Å². The van der Waals surface area contributed by atoms with Crippen LogP contribution in [0.15, 0.2) is 22.7 Å². The Balaban J connectivity index is 1.97. The van der Waals surface area contributed by atoms with Gasteiger partial charge in [-0.1, -0.05) is 22.0 Å². The fraction of sp³-hybridized carbons (Fsp3) is 0.467. The van der Waals surface area contributed by atoms with Gasteiger partial charge in [-0.15, -0.1) is 0 Å². The highest BCUT2D eigenvalue weighted by atomic mass is 79.9. The Morgan fingerprint density at radius 3 is 2.52 bits per heavy atom. The standard InChI is InChI=1S/C15H19BrN2O3/c1-11-3-4-12(16)9-13(11)15(20)18-7-5-17(6-8-18)10-14(19)21-2/h3-4,9H,5-8,10H2,1-2H3. The van der Waals surface area contributed by atoms with Gasteiger partial charge in [-0.3, -0.25) is 14.5 Å². The van der Waals surface area contributed by atoms with Gasteiger partial charge >= 0.3 is 5.97 Å². The molecule has 1 fully saturated rings. The highest BCUT2D eigenvalue weighted by Crippen LogP contribution is 2.18. The van der Waals surface area contributed by atoms with E-state index < -0.39 is 0 Å². The summed E-state index contributed by atoms with van der Waals surface area (Å²) in [4.78, 5) is 27.6. The van der Waals surface area contributed by atoms with E-state index in [0.717, 1.165) is 15.6 Å². The molecule has 1 aromatic carbocycles. The Morgan fingerprint density at radius 1 is 1.24 bits per heavy atom. The quantitative estimate of drug-likeness (QED) is 0.775. The van der Waals surface area contributed by atoms with E-state index in [2.05, 4.69) is 20.7 Å². The summed E-state index contributed by atoms with van der Waals surface area (Å²) in [6.07, 6.45) is 0. The lowest BCUT2D eigenvalue weighted by molar-refractivity contribution is -0.142. The van der Waals surface area contributed by atoms with E-state index in [9.17, 15) is 9.59 Å². The molecule has 0 saturated carbocycles. The van der Waals surface area contributed by atoms with Gasteiger partial charge in [0.2, 0.25) is 0 Å². The number of halogens is 1. The van der Waals surface area contributed by atoms with Crippen molar-refractivity contribution in [1.82, 2.24) is 9.80 Å². The molecule has 0 N–H and O–H groups in total. The average Bonchev–Trinajstić information content (AvgIpc) is 2.49. The number of hydrogen-bond acceptors (Lipinski definition) is 4. The van der Waals surface area contributed by atoms with E-state index in [1.54, 1.807) is 0 Å². The van der Waals surface area contributed by atoms with Gasteiger partial charge in [0.15, 0.2) is 0 Å². The molecular formula is C15H19BrN2O3. The van der Waals surface area contributed by atoms with Crippen LogP contribution in [-0.2, 0) is 9.53 Å². The van der Waals surface area contributed by atoms with Gasteiger partial charge in [-0.2, -0.15) is 0 Å². The number of piperazine rings is 1. The van der Waals surface area contributed by atoms with E-state index in [-0.39, 0.29) is 18.4 Å². The predicted molar refractivity (Wildman–Crippen MR) is 83.2 cm³/mol. The summed E-state index contributed by atoms with van der Waals surface area (Å²) < 4.78 is 5.56. The van der Waals surface area contributed by atoms with Crippen molar-refractivity contribution in [1.29, 1.82) is 0 Å². The summed E-state index contributed by atoms with van der Waals surface area (Å²) in [7, 11) is 1.39. The highest BCUT2D eigenvalue weighted by molar-refractivity contribution is 9.10. The fourth-order valence-corrected chi connectivity index (χ4v) is 2.71. The van der Waals surface area contributed by atoms with Crippen LogP contribution in [0, 0.1) is 6.92 Å². The van der Waals surface area contributed by atoms with Crippen LogP contribution < -0.4 is 0 Å². The number of carbonyl (C=O) groups excluding carboxylic acids is 2. The zero-order valence-corrected chi connectivity index (χ0v) is 13.9. The first-order valence-corrected chi connectivity index (χ1v) is 7.65. The summed E-state index contributed by atoms with van der Waals surface area (Å²) >= 11 is 3.40. The normalized spacial score (nSPS) is 15.9. The summed E-state index contributed by atoms with van der Waals surface area (Å²) in [5, 5.41) is 0. The molecule has 2 rings (SSSR count). The number of rotatable bonds is 3. The first-order valence-electron chi connectivity index (χ1n) is 6.86. The monoisotopic (exact) mass is 354 g/mol. The maximum Gasteiger partial charge on any atom is 0.319 e. The summed E-state index contributed by atoms with van der Waals surface area (Å²) in [6.45, 7) is 4.85. The van der Waals surface area contributed by atoms with Crippen LogP contribution in [0.1, 0.15) is 15.9 Å². The van der Waals surface area contributed by atoms with Crippen molar-refractivity contribution < 1.29 is 14.3 Å². The van der Waals surface area contributed by atoms with Crippen molar-refractivity contribution in [2.45, 2.75) is 6.92 Å². The van der Waals surface area contributed by atoms with Crippen molar-refractivity contribution in [3.8, 4) is 0 Å². The summed E-state index contributed by atoms with van der Waals surface area (Å²) in [6, 6.07) is 5.73. The number of nitrogens with zero attached hydrogens (tertiary/aromatic N) is 2. The first-order chi connectivity index (χ1) is 10.0. The predicted octanol–water partition coefficient (Wildman–Crippen LogP) is 1.69. The number of aryl methyl sites for hydroxylation is 1. The molecule has 0 bridgehead atoms. The Bertz CT molecular complexity index is 540. The smallest absolute Gasteiger partial charge is 0.319 e. The van der Waals surface area contributed by atoms with Crippen LogP contribution in [-0.4, -0.2) is 61.5 Å². The van der Waals surface area contributed by atoms with Crippen LogP contribution >= 0.6 is 15.9 Å². The molecule has 0 unspecified atom stereocenters. The lowest BCUT2D eigenvalue weighted by Gasteiger charge is -2.34. The molecule has 1 aliphatic heterocycles. The lowest BCUT2D eigenvalue weighted by atomic mass is 10.1. The Labute approximate surface area is 133 Å². The number of methoxy groups -OCH3 is 1. The molecular weight excluding hydrogens is 336 g/mol. The largest absolute Gasteiger partial charge is 0.468 e. The Kier molecular flexibility index (Phi) is 5.36. The number of ether oxygens (including phenoxy) is 1. The lowest BCUT2D eigenvalue weighted by Crippen LogP contribution is -2.50. The first kappa shape index (κ1) is 16.0. The van der Waals surface area contributed by atoms with E-state index in [1.165, 1.54) is 7.11 Å². The van der Waals surface area contributed by atoms with Crippen LogP contribution in [0.2, 0.25) is 0 Å². The third kappa shape index (κ3) is 4.04. The number of esters is 1. The van der Waals surface area contributed by atoms with Crippen molar-refractivity contribution in [3.63, 3.8) is 0 Å². The van der Waals surface area contributed by atoms with Gasteiger partial charge in [0.05, 0.1) is 13.7 Å². The fourth-order valence-electron chi connectivity index (χ4n) is 2.35. The van der Waals surface area contributed by atoms with Gasteiger partial charge in [0, 0.05) is 36.2 Å². The van der Waals surface area contributed by atoms with Crippen molar-refractivity contribution >= 4 is 27.8 Å². The molecule has 1 heterocycles. The molecule has 1 aliphatic rings. The number of hydrogen-bond donors (Lipinski definition) is 0. The summed E-state index contributed by atoms with van der Waals surface area (Å²) in [5.41, 5.74) is 1.70. The molecule has 0 atom stereocenters. The number of benzene rings is 1. The molecule has 0 aliphatic carbocycles. The Hall–Kier alpha value is -1.40. The SMILES string of the molecule is COC(=O)CN1CCN(C(=O)c2cc(Br)ccc2C)CC1. The van der Waals surface area contributed by atoms with Crippen molar-refractivity contribution in [3.05, 3.63) is 33.8 Å². The molecule has 114 valence electrons. The third-order valence-electron chi connectivity index (χ3n) is 3.67. The second kappa shape index (κ2) is 7.04. The molecule has 6 heteroatoms. The third-order valence-corrected chi connectivity index (χ3v) is 4.16. The average molecular weight is 355 g/mol. The summed E-state index contributed by atoms with van der Waals surface area (Å²) in [5.74, 6) is -0.191. The van der Waals surface area contributed by atoms with Crippen LogP contribution in [0.3, 0.4) is 0 Å². The molecule has 0 aromatic heterocycles. The van der Waals surface area contributed by atoms with E-state index >= 15 is 0 Å². The van der Waals surface area contributed by atoms with Crippen LogP contribution in [0.5, 0.6) is 0 Å². The van der Waals surface area contributed by atoms with E-state index in [1.807, 2.05) is 34.9 Å². The second-order valence-corrected chi connectivity index (χ2v) is 6.02. The molecule has 0 spiro atoms. The highest BCUT2D eigenvalue weighted by Gasteiger charge is 2.24. The molecule has 1 aromatic rings. The van der Waals surface area contributed by atoms with Crippen molar-refractivity contribution in [2.75, 3.05) is 39.8 Å². The molecule has 5 nitrogen and oxygen atoms in total. The zero-order valence-electron chi connectivity index (χ0n) is 12.3. The number of carbonyl (C=O) groups is 2. The van der Waals surface area contributed by atoms with Gasteiger partial charge in [-0.05, 0) is 24.6 Å². The minimum Gasteiger partial charge on any atom is -0.468 e. The minimum atomic E-state index is -0.238. The van der Waals surface area contributed by atoms with Gasteiger partial charge in [0.25, 0.3) is 5.91 Å². The molecule has 1 amide bonds. The van der Waals surface area contributed by atoms with Gasteiger partial charge in [-0.25, -0.2) is 0 Å². The molecule has 0 radical (unpaired) electrons. The topological polar surface area (TPSA) is 49.9 Å². The zero-order chi connectivity index (χ0) is 15.4.